The Kier molecular flexibility index (Phi) is 4.89. The number of nitrogens with zero attached hydrogens (tertiary/aromatic N) is 4. The van der Waals surface area contributed by atoms with Crippen LogP contribution in [-0.4, -0.2) is 19.7 Å². The van der Waals surface area contributed by atoms with Crippen molar-refractivity contribution in [2.24, 2.45) is 7.05 Å². The summed E-state index contributed by atoms with van der Waals surface area (Å²) in [5.74, 6) is 0. The van der Waals surface area contributed by atoms with E-state index in [0.717, 1.165) is 39.2 Å². The molecule has 4 heteroatoms. The monoisotopic (exact) mass is 402 g/mol. The highest BCUT2D eigenvalue weighted by molar-refractivity contribution is 5.84. The Morgan fingerprint density at radius 1 is 0.839 bits per heavy atom. The Morgan fingerprint density at radius 3 is 2.42 bits per heavy atom. The van der Waals surface area contributed by atoms with E-state index in [1.807, 2.05) is 42.2 Å². The molecule has 0 fully saturated rings. The summed E-state index contributed by atoms with van der Waals surface area (Å²) < 4.78 is 1.84. The van der Waals surface area contributed by atoms with Crippen molar-refractivity contribution in [3.8, 4) is 22.4 Å². The van der Waals surface area contributed by atoms with E-state index in [0.29, 0.717) is 0 Å². The van der Waals surface area contributed by atoms with Crippen molar-refractivity contribution >= 4 is 23.1 Å². The van der Waals surface area contributed by atoms with E-state index in [-0.39, 0.29) is 0 Å². The predicted molar refractivity (Wildman–Crippen MR) is 127 cm³/mol. The largest absolute Gasteiger partial charge is 0.275 e. The number of hydrogen-bond acceptors (Lipinski definition) is 3. The molecule has 3 heterocycles. The van der Waals surface area contributed by atoms with Gasteiger partial charge < -0.3 is 0 Å². The molecule has 4 nitrogen and oxygen atoms in total. The number of para-hydroxylation sites is 1. The number of pyridine rings is 2. The summed E-state index contributed by atoms with van der Waals surface area (Å²) in [6.07, 6.45) is 9.79. The second-order valence-electron chi connectivity index (χ2n) is 7.64. The van der Waals surface area contributed by atoms with Gasteiger partial charge in [-0.1, -0.05) is 48.5 Å². The van der Waals surface area contributed by atoms with Crippen molar-refractivity contribution in [1.29, 1.82) is 0 Å². The first-order chi connectivity index (χ1) is 15.2. The van der Waals surface area contributed by atoms with Gasteiger partial charge >= 0.3 is 0 Å². The molecule has 5 rings (SSSR count). The smallest absolute Gasteiger partial charge is 0.0929 e. The van der Waals surface area contributed by atoms with Crippen molar-refractivity contribution in [1.82, 2.24) is 19.7 Å². The maximum absolute atomic E-state index is 4.88. The van der Waals surface area contributed by atoms with Gasteiger partial charge in [-0.25, -0.2) is 4.98 Å². The van der Waals surface area contributed by atoms with Gasteiger partial charge in [-0.15, -0.1) is 0 Å². The van der Waals surface area contributed by atoms with Crippen molar-refractivity contribution in [3.63, 3.8) is 0 Å². The van der Waals surface area contributed by atoms with Crippen LogP contribution in [0.15, 0.2) is 85.3 Å². The fraction of sp³-hybridized carbons (Fsp3) is 0.0741. The second kappa shape index (κ2) is 8.00. The lowest BCUT2D eigenvalue weighted by Gasteiger charge is -2.08. The highest BCUT2D eigenvalue weighted by Crippen LogP contribution is 2.27. The summed E-state index contributed by atoms with van der Waals surface area (Å²) in [5, 5.41) is 5.78. The Balaban J connectivity index is 1.43. The average molecular weight is 403 g/mol. The maximum atomic E-state index is 4.88. The Hall–Kier alpha value is -4.05. The zero-order valence-corrected chi connectivity index (χ0v) is 17.5. The lowest BCUT2D eigenvalue weighted by atomic mass is 10.0. The minimum absolute atomic E-state index is 0.935. The van der Waals surface area contributed by atoms with Gasteiger partial charge in [-0.05, 0) is 54.0 Å². The first kappa shape index (κ1) is 18.9. The highest BCUT2D eigenvalue weighted by Gasteiger charge is 2.08. The maximum Gasteiger partial charge on any atom is 0.0929 e. The third-order valence-electron chi connectivity index (χ3n) is 5.38. The van der Waals surface area contributed by atoms with Gasteiger partial charge in [0, 0.05) is 42.2 Å². The fourth-order valence-corrected chi connectivity index (χ4v) is 3.82. The van der Waals surface area contributed by atoms with Gasteiger partial charge in [0.25, 0.3) is 0 Å². The van der Waals surface area contributed by atoms with Crippen LogP contribution in [0.3, 0.4) is 0 Å². The molecule has 0 atom stereocenters. The zero-order chi connectivity index (χ0) is 21.2. The van der Waals surface area contributed by atoms with Crippen LogP contribution in [0.4, 0.5) is 0 Å². The van der Waals surface area contributed by atoms with E-state index in [1.54, 1.807) is 12.4 Å². The molecule has 0 aliphatic heterocycles. The Labute approximate surface area is 181 Å². The normalized spacial score (nSPS) is 11.4. The Bertz CT molecular complexity index is 1380. The fourth-order valence-electron chi connectivity index (χ4n) is 3.82. The first-order valence-corrected chi connectivity index (χ1v) is 10.3. The van der Waals surface area contributed by atoms with E-state index in [9.17, 15) is 0 Å². The molecule has 3 aromatic heterocycles. The summed E-state index contributed by atoms with van der Waals surface area (Å²) in [7, 11) is 1.94. The van der Waals surface area contributed by atoms with E-state index < -0.39 is 0 Å². The lowest BCUT2D eigenvalue weighted by Crippen LogP contribution is -1.90. The van der Waals surface area contributed by atoms with Crippen LogP contribution >= 0.6 is 0 Å². The van der Waals surface area contributed by atoms with Gasteiger partial charge in [-0.2, -0.15) is 5.10 Å². The van der Waals surface area contributed by atoms with Crippen molar-refractivity contribution in [2.75, 3.05) is 0 Å². The molecule has 0 aliphatic rings. The third-order valence-corrected chi connectivity index (χ3v) is 5.38. The molecule has 5 aromatic rings. The molecular weight excluding hydrogens is 380 g/mol. The molecular formula is C27H22N4. The highest BCUT2D eigenvalue weighted by atomic mass is 15.2. The van der Waals surface area contributed by atoms with Crippen molar-refractivity contribution in [3.05, 3.63) is 102 Å². The molecule has 0 amide bonds. The van der Waals surface area contributed by atoms with E-state index in [1.165, 1.54) is 10.9 Å². The molecule has 0 aliphatic carbocycles. The molecule has 0 N–H and O–H groups in total. The number of aromatic nitrogens is 4. The number of aryl methyl sites for hydroxylation is 2. The van der Waals surface area contributed by atoms with Crippen LogP contribution < -0.4 is 0 Å². The number of rotatable bonds is 4. The van der Waals surface area contributed by atoms with Gasteiger partial charge in [0.15, 0.2) is 0 Å². The molecule has 0 radical (unpaired) electrons. The van der Waals surface area contributed by atoms with Gasteiger partial charge in [-0.3, -0.25) is 9.67 Å². The minimum Gasteiger partial charge on any atom is -0.275 e. The van der Waals surface area contributed by atoms with Crippen LogP contribution in [0.2, 0.25) is 0 Å². The Morgan fingerprint density at radius 2 is 1.61 bits per heavy atom. The van der Waals surface area contributed by atoms with Gasteiger partial charge in [0.1, 0.15) is 0 Å². The third kappa shape index (κ3) is 3.88. The van der Waals surface area contributed by atoms with Crippen LogP contribution in [0.5, 0.6) is 0 Å². The van der Waals surface area contributed by atoms with Crippen LogP contribution in [0.25, 0.3) is 45.4 Å². The lowest BCUT2D eigenvalue weighted by molar-refractivity contribution is 0.765. The van der Waals surface area contributed by atoms with Gasteiger partial charge in [0.2, 0.25) is 0 Å². The molecule has 0 unspecified atom stereocenters. The topological polar surface area (TPSA) is 43.6 Å². The molecule has 0 saturated carbocycles. The molecule has 2 aromatic carbocycles. The van der Waals surface area contributed by atoms with E-state index >= 15 is 0 Å². The SMILES string of the molecule is Cc1cc2ccccc2nc1-c1ccc(C=Cc2nn(C)cc2-c2ccncc2)cc1. The standard InChI is InChI=1S/C27H22N4/c1-19-17-23-5-3-4-6-25(23)29-27(19)22-10-7-20(8-11-22)9-12-26-24(18-31(2)30-26)21-13-15-28-16-14-21/h3-18H,1-2H3. The minimum atomic E-state index is 0.935. The molecule has 0 saturated heterocycles. The summed E-state index contributed by atoms with van der Waals surface area (Å²) in [6, 6.07) is 22.9. The van der Waals surface area contributed by atoms with Gasteiger partial charge in [0.05, 0.1) is 16.9 Å². The summed E-state index contributed by atoms with van der Waals surface area (Å²) in [6.45, 7) is 2.12. The summed E-state index contributed by atoms with van der Waals surface area (Å²) >= 11 is 0. The number of benzene rings is 2. The van der Waals surface area contributed by atoms with E-state index in [2.05, 4.69) is 71.6 Å². The predicted octanol–water partition coefficient (Wildman–Crippen LogP) is 6.18. The number of hydrogen-bond donors (Lipinski definition) is 0. The van der Waals surface area contributed by atoms with Crippen LogP contribution in [-0.2, 0) is 7.05 Å². The molecule has 150 valence electrons. The number of fused-ring (bicyclic) bond motifs is 1. The second-order valence-corrected chi connectivity index (χ2v) is 7.64. The molecule has 0 bridgehead atoms. The zero-order valence-electron chi connectivity index (χ0n) is 17.5. The van der Waals surface area contributed by atoms with Crippen molar-refractivity contribution < 1.29 is 0 Å². The quantitative estimate of drug-likeness (QED) is 0.361. The summed E-state index contributed by atoms with van der Waals surface area (Å²) in [5.41, 5.74) is 8.60. The van der Waals surface area contributed by atoms with Crippen LogP contribution in [0.1, 0.15) is 16.8 Å². The summed E-state index contributed by atoms with van der Waals surface area (Å²) in [4.78, 5) is 8.99. The molecule has 31 heavy (non-hydrogen) atoms. The average Bonchev–Trinajstić information content (AvgIpc) is 3.19. The van der Waals surface area contributed by atoms with Crippen molar-refractivity contribution in [2.45, 2.75) is 6.92 Å². The van der Waals surface area contributed by atoms with Crippen LogP contribution in [0, 0.1) is 6.92 Å². The molecule has 0 spiro atoms. The van der Waals surface area contributed by atoms with E-state index in [4.69, 9.17) is 4.98 Å². The first-order valence-electron chi connectivity index (χ1n) is 10.3.